The van der Waals surface area contributed by atoms with E-state index in [1.54, 1.807) is 18.5 Å². The fraction of sp³-hybridized carbons (Fsp3) is 0.263. The minimum Gasteiger partial charge on any atom is -0.368 e. The van der Waals surface area contributed by atoms with E-state index < -0.39 is 0 Å². The molecule has 1 N–H and O–H groups in total. The summed E-state index contributed by atoms with van der Waals surface area (Å²) in [4.78, 5) is 24.3. The highest BCUT2D eigenvalue weighted by molar-refractivity contribution is 6.06. The molecule has 1 saturated heterocycles. The first-order valence-electron chi connectivity index (χ1n) is 8.37. The fourth-order valence-corrected chi connectivity index (χ4v) is 3.45. The summed E-state index contributed by atoms with van der Waals surface area (Å²) in [6.45, 7) is 3.98. The van der Waals surface area contributed by atoms with Gasteiger partial charge >= 0.3 is 0 Å². The number of rotatable bonds is 2. The molecule has 3 aromatic rings. The maximum absolute atomic E-state index is 13.5. The number of pyridine rings is 1. The topological polar surface area (TPSA) is 52.2 Å². The lowest BCUT2D eigenvalue weighted by atomic mass is 10.1. The van der Waals surface area contributed by atoms with Gasteiger partial charge in [0, 0.05) is 49.1 Å². The summed E-state index contributed by atoms with van der Waals surface area (Å²) in [5, 5.41) is 0.840. The number of nitrogens with one attached hydrogen (secondary N) is 1. The third-order valence-electron chi connectivity index (χ3n) is 4.74. The van der Waals surface area contributed by atoms with Gasteiger partial charge in [0.25, 0.3) is 5.91 Å². The number of carbonyl (C=O) groups excluding carboxylic acids is 1. The van der Waals surface area contributed by atoms with E-state index in [-0.39, 0.29) is 17.8 Å². The molecule has 1 aliphatic rings. The van der Waals surface area contributed by atoms with Gasteiger partial charge in [0.05, 0.1) is 5.56 Å². The van der Waals surface area contributed by atoms with Gasteiger partial charge in [-0.25, -0.2) is 9.37 Å². The van der Waals surface area contributed by atoms with Gasteiger partial charge in [-0.3, -0.25) is 4.79 Å². The van der Waals surface area contributed by atoms with Crippen LogP contribution in [0.25, 0.3) is 11.0 Å². The number of aromatic amines is 1. The van der Waals surface area contributed by atoms with Gasteiger partial charge in [0.15, 0.2) is 0 Å². The number of halogens is 1. The summed E-state index contributed by atoms with van der Waals surface area (Å²) in [7, 11) is 0. The number of amides is 1. The molecule has 4 rings (SSSR count). The molecule has 1 amide bonds. The highest BCUT2D eigenvalue weighted by Gasteiger charge is 2.29. The van der Waals surface area contributed by atoms with Crippen molar-refractivity contribution >= 4 is 22.6 Å². The number of piperazine rings is 1. The van der Waals surface area contributed by atoms with Crippen molar-refractivity contribution in [3.63, 3.8) is 0 Å². The first-order chi connectivity index (χ1) is 12.1. The van der Waals surface area contributed by atoms with Gasteiger partial charge in [-0.05, 0) is 37.3 Å². The average Bonchev–Trinajstić information content (AvgIpc) is 3.05. The van der Waals surface area contributed by atoms with Crippen LogP contribution in [0.4, 0.5) is 10.1 Å². The largest absolute Gasteiger partial charge is 0.368 e. The lowest BCUT2D eigenvalue weighted by Gasteiger charge is -2.41. The molecular formula is C19H19FN4O. The van der Waals surface area contributed by atoms with Crippen LogP contribution < -0.4 is 4.90 Å². The molecule has 1 unspecified atom stereocenters. The standard InChI is InChI=1S/C19H19FN4O/c1-13-12-23(15-5-2-4-14(20)10-15)8-9-24(13)19(25)17-11-22-18-16(17)6-3-7-21-18/h2-7,10-11,13H,8-9,12H2,1H3,(H,21,22). The SMILES string of the molecule is CC1CN(c2cccc(F)c2)CCN1C(=O)c1c[nH]c2ncccc12. The molecule has 0 radical (unpaired) electrons. The molecule has 5 nitrogen and oxygen atoms in total. The van der Waals surface area contributed by atoms with Crippen molar-refractivity contribution in [3.05, 3.63) is 60.2 Å². The number of fused-ring (bicyclic) bond motifs is 1. The highest BCUT2D eigenvalue weighted by atomic mass is 19.1. The number of carbonyl (C=O) groups is 1. The Hall–Kier alpha value is -2.89. The molecule has 0 bridgehead atoms. The smallest absolute Gasteiger partial charge is 0.256 e. The van der Waals surface area contributed by atoms with Gasteiger partial charge in [-0.15, -0.1) is 0 Å². The van der Waals surface area contributed by atoms with E-state index in [9.17, 15) is 9.18 Å². The van der Waals surface area contributed by atoms with Crippen molar-refractivity contribution in [1.29, 1.82) is 0 Å². The lowest BCUT2D eigenvalue weighted by molar-refractivity contribution is 0.0676. The van der Waals surface area contributed by atoms with E-state index in [0.29, 0.717) is 25.2 Å². The normalized spacial score (nSPS) is 17.9. The monoisotopic (exact) mass is 338 g/mol. The van der Waals surface area contributed by atoms with Gasteiger partial charge in [0.2, 0.25) is 0 Å². The van der Waals surface area contributed by atoms with Crippen LogP contribution in [0.3, 0.4) is 0 Å². The van der Waals surface area contributed by atoms with Crippen LogP contribution in [0.5, 0.6) is 0 Å². The first kappa shape index (κ1) is 15.6. The second-order valence-electron chi connectivity index (χ2n) is 6.38. The van der Waals surface area contributed by atoms with E-state index in [1.807, 2.05) is 30.0 Å². The summed E-state index contributed by atoms with van der Waals surface area (Å²) in [5.74, 6) is -0.236. The zero-order valence-corrected chi connectivity index (χ0v) is 13.9. The van der Waals surface area contributed by atoms with E-state index in [4.69, 9.17) is 0 Å². The zero-order chi connectivity index (χ0) is 17.4. The summed E-state index contributed by atoms with van der Waals surface area (Å²) in [5.41, 5.74) is 2.22. The Balaban J connectivity index is 1.54. The summed E-state index contributed by atoms with van der Waals surface area (Å²) in [6, 6.07) is 10.4. The van der Waals surface area contributed by atoms with Gasteiger partial charge in [0.1, 0.15) is 11.5 Å². The van der Waals surface area contributed by atoms with Crippen molar-refractivity contribution in [2.45, 2.75) is 13.0 Å². The number of hydrogen-bond acceptors (Lipinski definition) is 3. The molecule has 0 aliphatic carbocycles. The van der Waals surface area contributed by atoms with Crippen LogP contribution in [0.2, 0.25) is 0 Å². The molecule has 128 valence electrons. The fourth-order valence-electron chi connectivity index (χ4n) is 3.45. The Kier molecular flexibility index (Phi) is 3.87. The molecule has 1 fully saturated rings. The van der Waals surface area contributed by atoms with Crippen molar-refractivity contribution in [2.75, 3.05) is 24.5 Å². The van der Waals surface area contributed by atoms with E-state index in [2.05, 4.69) is 14.9 Å². The third-order valence-corrected chi connectivity index (χ3v) is 4.74. The van der Waals surface area contributed by atoms with E-state index >= 15 is 0 Å². The number of H-pyrrole nitrogens is 1. The molecule has 2 aromatic heterocycles. The van der Waals surface area contributed by atoms with Crippen molar-refractivity contribution in [2.24, 2.45) is 0 Å². The van der Waals surface area contributed by atoms with Crippen LogP contribution in [0, 0.1) is 5.82 Å². The van der Waals surface area contributed by atoms with Crippen LogP contribution in [-0.4, -0.2) is 46.5 Å². The van der Waals surface area contributed by atoms with Gasteiger partial charge in [-0.1, -0.05) is 6.07 Å². The van der Waals surface area contributed by atoms with E-state index in [0.717, 1.165) is 16.7 Å². The predicted molar refractivity (Wildman–Crippen MR) is 95.2 cm³/mol. The number of anilines is 1. The molecule has 1 aromatic carbocycles. The van der Waals surface area contributed by atoms with Crippen molar-refractivity contribution < 1.29 is 9.18 Å². The highest BCUT2D eigenvalue weighted by Crippen LogP contribution is 2.23. The Morgan fingerprint density at radius 2 is 2.16 bits per heavy atom. The number of nitrogens with zero attached hydrogens (tertiary/aromatic N) is 3. The van der Waals surface area contributed by atoms with Crippen LogP contribution >= 0.6 is 0 Å². The van der Waals surface area contributed by atoms with Gasteiger partial charge in [-0.2, -0.15) is 0 Å². The summed E-state index contributed by atoms with van der Waals surface area (Å²) in [6.07, 6.45) is 3.43. The van der Waals surface area contributed by atoms with Crippen molar-refractivity contribution in [1.82, 2.24) is 14.9 Å². The second kappa shape index (κ2) is 6.20. The summed E-state index contributed by atoms with van der Waals surface area (Å²) < 4.78 is 13.5. The predicted octanol–water partition coefficient (Wildman–Crippen LogP) is 3.05. The molecule has 1 aliphatic heterocycles. The van der Waals surface area contributed by atoms with Crippen LogP contribution in [-0.2, 0) is 0 Å². The van der Waals surface area contributed by atoms with Crippen LogP contribution in [0.1, 0.15) is 17.3 Å². The Bertz CT molecular complexity index is 922. The molecule has 1 atom stereocenters. The maximum atomic E-state index is 13.5. The number of aromatic nitrogens is 2. The van der Waals surface area contributed by atoms with Gasteiger partial charge < -0.3 is 14.8 Å². The van der Waals surface area contributed by atoms with E-state index in [1.165, 1.54) is 12.1 Å². The molecule has 6 heteroatoms. The summed E-state index contributed by atoms with van der Waals surface area (Å²) >= 11 is 0. The second-order valence-corrected chi connectivity index (χ2v) is 6.38. The minimum absolute atomic E-state index is 0.00522. The minimum atomic E-state index is -0.241. The number of benzene rings is 1. The number of hydrogen-bond donors (Lipinski definition) is 1. The Labute approximate surface area is 145 Å². The maximum Gasteiger partial charge on any atom is 0.256 e. The third kappa shape index (κ3) is 2.84. The molecule has 3 heterocycles. The van der Waals surface area contributed by atoms with Crippen molar-refractivity contribution in [3.8, 4) is 0 Å². The molecule has 25 heavy (non-hydrogen) atoms. The lowest BCUT2D eigenvalue weighted by Crippen LogP contribution is -2.54. The Morgan fingerprint density at radius 3 is 2.96 bits per heavy atom. The molecular weight excluding hydrogens is 319 g/mol. The first-order valence-corrected chi connectivity index (χ1v) is 8.37. The quantitative estimate of drug-likeness (QED) is 0.781. The molecule has 0 spiro atoms. The zero-order valence-electron chi connectivity index (χ0n) is 13.9. The Morgan fingerprint density at radius 1 is 1.28 bits per heavy atom. The molecule has 0 saturated carbocycles. The van der Waals surface area contributed by atoms with Crippen LogP contribution in [0.15, 0.2) is 48.8 Å². The average molecular weight is 338 g/mol.